The van der Waals surface area contributed by atoms with E-state index in [9.17, 15) is 0 Å². The van der Waals surface area contributed by atoms with Crippen LogP contribution in [0.3, 0.4) is 0 Å². The van der Waals surface area contributed by atoms with Gasteiger partial charge in [0, 0.05) is 25.8 Å². The maximum atomic E-state index is 5.69. The number of rotatable bonds is 4. The lowest BCUT2D eigenvalue weighted by Crippen LogP contribution is -2.16. The van der Waals surface area contributed by atoms with Gasteiger partial charge in [-0.05, 0) is 35.7 Å². The van der Waals surface area contributed by atoms with Crippen molar-refractivity contribution >= 4 is 5.69 Å². The second kappa shape index (κ2) is 5.69. The molecule has 0 heterocycles. The summed E-state index contributed by atoms with van der Waals surface area (Å²) < 4.78 is 0. The third kappa shape index (κ3) is 2.90. The molecule has 18 heavy (non-hydrogen) atoms. The summed E-state index contributed by atoms with van der Waals surface area (Å²) in [5.74, 6) is 0. The molecule has 0 aliphatic rings. The molecule has 2 aromatic rings. The Morgan fingerprint density at radius 1 is 1.06 bits per heavy atom. The van der Waals surface area contributed by atoms with Gasteiger partial charge in [0.1, 0.15) is 0 Å². The van der Waals surface area contributed by atoms with Gasteiger partial charge in [-0.3, -0.25) is 0 Å². The van der Waals surface area contributed by atoms with Crippen LogP contribution in [-0.4, -0.2) is 7.05 Å². The van der Waals surface area contributed by atoms with E-state index in [0.29, 0.717) is 6.54 Å². The van der Waals surface area contributed by atoms with Gasteiger partial charge >= 0.3 is 0 Å². The average molecular weight is 240 g/mol. The lowest BCUT2D eigenvalue weighted by Gasteiger charge is -2.20. The third-order valence-corrected chi connectivity index (χ3v) is 3.25. The number of nitrogens with two attached hydrogens (primary N) is 1. The first-order valence-corrected chi connectivity index (χ1v) is 6.25. The summed E-state index contributed by atoms with van der Waals surface area (Å²) in [6.45, 7) is 3.64. The molecule has 94 valence electrons. The van der Waals surface area contributed by atoms with Crippen LogP contribution in [0.4, 0.5) is 5.69 Å². The number of anilines is 1. The van der Waals surface area contributed by atoms with E-state index in [1.807, 2.05) is 6.07 Å². The van der Waals surface area contributed by atoms with Gasteiger partial charge in [0.25, 0.3) is 0 Å². The fourth-order valence-electron chi connectivity index (χ4n) is 2.10. The average Bonchev–Trinajstić information content (AvgIpc) is 2.39. The molecular formula is C16H20N2. The van der Waals surface area contributed by atoms with E-state index in [1.165, 1.54) is 22.4 Å². The summed E-state index contributed by atoms with van der Waals surface area (Å²) in [6.07, 6.45) is 0. The highest BCUT2D eigenvalue weighted by atomic mass is 15.1. The zero-order valence-corrected chi connectivity index (χ0v) is 11.1. The van der Waals surface area contributed by atoms with Gasteiger partial charge in [-0.1, -0.05) is 36.4 Å². The molecule has 0 bridgehead atoms. The summed E-state index contributed by atoms with van der Waals surface area (Å²) in [5, 5.41) is 0. The van der Waals surface area contributed by atoms with E-state index in [4.69, 9.17) is 5.73 Å². The van der Waals surface area contributed by atoms with Crippen LogP contribution in [0.2, 0.25) is 0 Å². The van der Waals surface area contributed by atoms with Crippen molar-refractivity contribution in [2.45, 2.75) is 20.0 Å². The third-order valence-electron chi connectivity index (χ3n) is 3.25. The summed E-state index contributed by atoms with van der Waals surface area (Å²) >= 11 is 0. The summed E-state index contributed by atoms with van der Waals surface area (Å²) in [5.41, 5.74) is 10.7. The van der Waals surface area contributed by atoms with Crippen LogP contribution < -0.4 is 10.6 Å². The number of nitrogens with zero attached hydrogens (tertiary/aromatic N) is 1. The van der Waals surface area contributed by atoms with Crippen LogP contribution in [0.5, 0.6) is 0 Å². The quantitative estimate of drug-likeness (QED) is 0.889. The molecular weight excluding hydrogens is 220 g/mol. The van der Waals surface area contributed by atoms with E-state index >= 15 is 0 Å². The van der Waals surface area contributed by atoms with Crippen molar-refractivity contribution in [3.63, 3.8) is 0 Å². The van der Waals surface area contributed by atoms with E-state index in [1.54, 1.807) is 0 Å². The fraction of sp³-hybridized carbons (Fsp3) is 0.250. The lowest BCUT2D eigenvalue weighted by atomic mass is 10.1. The topological polar surface area (TPSA) is 29.3 Å². The van der Waals surface area contributed by atoms with Gasteiger partial charge in [-0.25, -0.2) is 0 Å². The molecule has 0 radical (unpaired) electrons. The van der Waals surface area contributed by atoms with Gasteiger partial charge < -0.3 is 10.6 Å². The van der Waals surface area contributed by atoms with E-state index in [-0.39, 0.29) is 0 Å². The molecule has 2 nitrogen and oxygen atoms in total. The second-order valence-corrected chi connectivity index (χ2v) is 4.66. The molecule has 0 saturated carbocycles. The number of hydrogen-bond acceptors (Lipinski definition) is 2. The Morgan fingerprint density at radius 2 is 1.78 bits per heavy atom. The van der Waals surface area contributed by atoms with Crippen molar-refractivity contribution in [1.82, 2.24) is 0 Å². The zero-order valence-electron chi connectivity index (χ0n) is 11.1. The minimum absolute atomic E-state index is 0.606. The molecule has 0 fully saturated rings. The van der Waals surface area contributed by atoms with Crippen molar-refractivity contribution < 1.29 is 0 Å². The number of benzene rings is 2. The van der Waals surface area contributed by atoms with Gasteiger partial charge in [0.05, 0.1) is 0 Å². The first kappa shape index (κ1) is 12.7. The Bertz CT molecular complexity index is 506. The first-order chi connectivity index (χ1) is 8.70. The van der Waals surface area contributed by atoms with Gasteiger partial charge in [-0.2, -0.15) is 0 Å². The Kier molecular flexibility index (Phi) is 4.00. The van der Waals surface area contributed by atoms with E-state index in [0.717, 1.165) is 6.54 Å². The molecule has 0 saturated heterocycles. The molecule has 0 atom stereocenters. The smallest absolute Gasteiger partial charge is 0.0426 e. The number of hydrogen-bond donors (Lipinski definition) is 1. The molecule has 0 aliphatic heterocycles. The molecule has 0 aromatic heterocycles. The summed E-state index contributed by atoms with van der Waals surface area (Å²) in [7, 11) is 2.11. The minimum atomic E-state index is 0.606. The predicted octanol–water partition coefficient (Wildman–Crippen LogP) is 3.09. The highest BCUT2D eigenvalue weighted by Gasteiger charge is 2.04. The lowest BCUT2D eigenvalue weighted by molar-refractivity contribution is 0.919. The highest BCUT2D eigenvalue weighted by molar-refractivity contribution is 5.50. The standard InChI is InChI=1S/C16H20N2/c1-13-10-16(9-8-15(13)11-17)18(2)12-14-6-4-3-5-7-14/h3-10H,11-12,17H2,1-2H3. The molecule has 0 amide bonds. The first-order valence-electron chi connectivity index (χ1n) is 6.25. The molecule has 0 aliphatic carbocycles. The van der Waals surface area contributed by atoms with E-state index < -0.39 is 0 Å². The monoisotopic (exact) mass is 240 g/mol. The number of aryl methyl sites for hydroxylation is 1. The Morgan fingerprint density at radius 3 is 2.39 bits per heavy atom. The SMILES string of the molecule is Cc1cc(N(C)Cc2ccccc2)ccc1CN. The van der Waals surface area contributed by atoms with Crippen LogP contribution in [0.1, 0.15) is 16.7 Å². The molecule has 0 spiro atoms. The van der Waals surface area contributed by atoms with Crippen LogP contribution in [0.15, 0.2) is 48.5 Å². The van der Waals surface area contributed by atoms with Crippen molar-refractivity contribution in [2.24, 2.45) is 5.73 Å². The molecule has 2 aromatic carbocycles. The minimum Gasteiger partial charge on any atom is -0.370 e. The van der Waals surface area contributed by atoms with Gasteiger partial charge in [0.15, 0.2) is 0 Å². The second-order valence-electron chi connectivity index (χ2n) is 4.66. The fourth-order valence-corrected chi connectivity index (χ4v) is 2.10. The van der Waals surface area contributed by atoms with Crippen LogP contribution in [-0.2, 0) is 13.1 Å². The largest absolute Gasteiger partial charge is 0.370 e. The van der Waals surface area contributed by atoms with Crippen molar-refractivity contribution in [3.05, 3.63) is 65.2 Å². The van der Waals surface area contributed by atoms with Crippen molar-refractivity contribution in [3.8, 4) is 0 Å². The van der Waals surface area contributed by atoms with Crippen LogP contribution in [0, 0.1) is 6.92 Å². The highest BCUT2D eigenvalue weighted by Crippen LogP contribution is 2.19. The van der Waals surface area contributed by atoms with Gasteiger partial charge in [-0.15, -0.1) is 0 Å². The Hall–Kier alpha value is -1.80. The Balaban J connectivity index is 2.14. The predicted molar refractivity (Wildman–Crippen MR) is 77.6 cm³/mol. The molecule has 2 N–H and O–H groups in total. The normalized spacial score (nSPS) is 10.4. The zero-order chi connectivity index (χ0) is 13.0. The van der Waals surface area contributed by atoms with Crippen LogP contribution >= 0.6 is 0 Å². The van der Waals surface area contributed by atoms with E-state index in [2.05, 4.69) is 61.3 Å². The maximum absolute atomic E-state index is 5.69. The molecule has 2 rings (SSSR count). The molecule has 2 heteroatoms. The Labute approximate surface area is 109 Å². The molecule has 0 unspecified atom stereocenters. The van der Waals surface area contributed by atoms with Gasteiger partial charge in [0.2, 0.25) is 0 Å². The van der Waals surface area contributed by atoms with Crippen molar-refractivity contribution in [1.29, 1.82) is 0 Å². The van der Waals surface area contributed by atoms with Crippen LogP contribution in [0.25, 0.3) is 0 Å². The maximum Gasteiger partial charge on any atom is 0.0426 e. The summed E-state index contributed by atoms with van der Waals surface area (Å²) in [4.78, 5) is 2.25. The van der Waals surface area contributed by atoms with Crippen molar-refractivity contribution in [2.75, 3.05) is 11.9 Å². The summed E-state index contributed by atoms with van der Waals surface area (Å²) in [6, 6.07) is 17.0.